The second-order valence-corrected chi connectivity index (χ2v) is 6.04. The highest BCUT2D eigenvalue weighted by Crippen LogP contribution is 2.33. The molecule has 3 N–H and O–H groups in total. The van der Waals surface area contributed by atoms with Crippen LogP contribution in [0.1, 0.15) is 24.0 Å². The number of carbonyl (C=O) groups excluding carboxylic acids is 1. The molecule has 1 aliphatic carbocycles. The number of aryl methyl sites for hydroxylation is 2. The van der Waals surface area contributed by atoms with Crippen molar-refractivity contribution in [2.75, 3.05) is 5.32 Å². The molecule has 2 amide bonds. The first-order valence-corrected chi connectivity index (χ1v) is 7.25. The van der Waals surface area contributed by atoms with Crippen LogP contribution in [-0.4, -0.2) is 23.1 Å². The molecule has 1 aliphatic rings. The molecule has 0 saturated heterocycles. The highest BCUT2D eigenvalue weighted by Gasteiger charge is 2.37. The topological polar surface area (TPSA) is 78.4 Å². The lowest BCUT2D eigenvalue weighted by Gasteiger charge is -2.16. The van der Waals surface area contributed by atoms with Gasteiger partial charge in [-0.15, -0.1) is 0 Å². The number of carbonyl (C=O) groups is 2. The predicted octanol–water partition coefficient (Wildman–Crippen LogP) is 3.05. The molecule has 1 unspecified atom stereocenters. The molecule has 0 spiro atoms. The fourth-order valence-electron chi connectivity index (χ4n) is 2.18. The Balaban J connectivity index is 2.06. The first kappa shape index (κ1) is 14.8. The molecule has 0 aliphatic heterocycles. The molecule has 1 atom stereocenters. The molecule has 2 rings (SSSR count). The van der Waals surface area contributed by atoms with Crippen LogP contribution < -0.4 is 10.6 Å². The maximum atomic E-state index is 11.9. The van der Waals surface area contributed by atoms with Crippen LogP contribution in [0.15, 0.2) is 16.6 Å². The molecule has 1 aromatic carbocycles. The van der Waals surface area contributed by atoms with E-state index in [2.05, 4.69) is 26.6 Å². The van der Waals surface area contributed by atoms with Crippen molar-refractivity contribution in [2.45, 2.75) is 32.7 Å². The Hall–Kier alpha value is -1.56. The summed E-state index contributed by atoms with van der Waals surface area (Å²) in [6.07, 6.45) is 1.70. The van der Waals surface area contributed by atoms with E-state index in [4.69, 9.17) is 5.11 Å². The summed E-state index contributed by atoms with van der Waals surface area (Å²) >= 11 is 3.40. The first-order valence-electron chi connectivity index (χ1n) is 6.45. The summed E-state index contributed by atoms with van der Waals surface area (Å²) in [4.78, 5) is 23.0. The maximum Gasteiger partial charge on any atom is 0.326 e. The number of rotatable bonds is 4. The Morgan fingerprint density at radius 1 is 1.35 bits per heavy atom. The van der Waals surface area contributed by atoms with Gasteiger partial charge in [-0.05, 0) is 65.7 Å². The zero-order valence-electron chi connectivity index (χ0n) is 11.4. The normalized spacial score (nSPS) is 15.6. The number of hydrogen-bond acceptors (Lipinski definition) is 2. The Kier molecular flexibility index (Phi) is 4.32. The summed E-state index contributed by atoms with van der Waals surface area (Å²) in [6.45, 7) is 3.86. The van der Waals surface area contributed by atoms with Crippen LogP contribution >= 0.6 is 15.9 Å². The third-order valence-corrected chi connectivity index (χ3v) is 3.94. The lowest BCUT2D eigenvalue weighted by Crippen LogP contribution is -2.44. The van der Waals surface area contributed by atoms with Crippen molar-refractivity contribution in [3.63, 3.8) is 0 Å². The third-order valence-electron chi connectivity index (χ3n) is 3.32. The number of aliphatic carboxylic acids is 1. The van der Waals surface area contributed by atoms with Gasteiger partial charge in [0.1, 0.15) is 6.04 Å². The number of amides is 2. The summed E-state index contributed by atoms with van der Waals surface area (Å²) in [5, 5.41) is 14.3. The van der Waals surface area contributed by atoms with Crippen LogP contribution in [0, 0.1) is 19.8 Å². The molecule has 0 radical (unpaired) electrons. The van der Waals surface area contributed by atoms with Gasteiger partial charge in [0.05, 0.1) is 5.69 Å². The molecule has 108 valence electrons. The van der Waals surface area contributed by atoms with E-state index in [0.717, 1.165) is 28.4 Å². The monoisotopic (exact) mass is 340 g/mol. The molecule has 1 saturated carbocycles. The van der Waals surface area contributed by atoms with Crippen molar-refractivity contribution in [1.82, 2.24) is 5.32 Å². The second kappa shape index (κ2) is 5.83. The number of nitrogens with one attached hydrogen (secondary N) is 2. The van der Waals surface area contributed by atoms with Crippen molar-refractivity contribution in [3.8, 4) is 0 Å². The van der Waals surface area contributed by atoms with Crippen LogP contribution in [0.5, 0.6) is 0 Å². The van der Waals surface area contributed by atoms with Gasteiger partial charge in [-0.3, -0.25) is 0 Å². The fourth-order valence-corrected chi connectivity index (χ4v) is 2.95. The summed E-state index contributed by atoms with van der Waals surface area (Å²) in [7, 11) is 0. The van der Waals surface area contributed by atoms with Gasteiger partial charge in [0, 0.05) is 4.47 Å². The Bertz CT molecular complexity index is 532. The van der Waals surface area contributed by atoms with E-state index in [-0.39, 0.29) is 5.92 Å². The van der Waals surface area contributed by atoms with E-state index in [1.54, 1.807) is 0 Å². The summed E-state index contributed by atoms with van der Waals surface area (Å²) in [5.41, 5.74) is 2.67. The fraction of sp³-hybridized carbons (Fsp3) is 0.429. The van der Waals surface area contributed by atoms with E-state index in [0.29, 0.717) is 5.69 Å². The van der Waals surface area contributed by atoms with E-state index in [9.17, 15) is 9.59 Å². The third kappa shape index (κ3) is 3.50. The van der Waals surface area contributed by atoms with Crippen LogP contribution in [0.3, 0.4) is 0 Å². The van der Waals surface area contributed by atoms with Gasteiger partial charge in [0.15, 0.2) is 0 Å². The summed E-state index contributed by atoms with van der Waals surface area (Å²) in [5.74, 6) is -0.928. The molecule has 0 heterocycles. The molecule has 5 nitrogen and oxygen atoms in total. The van der Waals surface area contributed by atoms with E-state index >= 15 is 0 Å². The summed E-state index contributed by atoms with van der Waals surface area (Å²) in [6, 6.07) is 2.56. The van der Waals surface area contributed by atoms with Gasteiger partial charge in [-0.25, -0.2) is 9.59 Å². The molecule has 6 heteroatoms. The van der Waals surface area contributed by atoms with Crippen LogP contribution in [0.4, 0.5) is 10.5 Å². The largest absolute Gasteiger partial charge is 0.480 e. The van der Waals surface area contributed by atoms with Gasteiger partial charge >= 0.3 is 12.0 Å². The number of urea groups is 1. The van der Waals surface area contributed by atoms with Gasteiger partial charge in [0.2, 0.25) is 0 Å². The van der Waals surface area contributed by atoms with Crippen molar-refractivity contribution in [2.24, 2.45) is 5.92 Å². The average molecular weight is 341 g/mol. The maximum absolute atomic E-state index is 11.9. The molecule has 0 bridgehead atoms. The second-order valence-electron chi connectivity index (χ2n) is 5.19. The highest BCUT2D eigenvalue weighted by atomic mass is 79.9. The zero-order chi connectivity index (χ0) is 14.9. The number of anilines is 1. The SMILES string of the molecule is Cc1cc(C)c(NC(=O)NC(C(=O)O)C2CC2)c(Br)c1. The van der Waals surface area contributed by atoms with E-state index < -0.39 is 18.0 Å². The number of carboxylic acid groups (broad SMARTS) is 1. The molecule has 1 aromatic rings. The van der Waals surface area contributed by atoms with Gasteiger partial charge in [-0.2, -0.15) is 0 Å². The molecule has 1 fully saturated rings. The summed E-state index contributed by atoms with van der Waals surface area (Å²) < 4.78 is 0.781. The Morgan fingerprint density at radius 2 is 2.00 bits per heavy atom. The lowest BCUT2D eigenvalue weighted by atomic mass is 10.1. The van der Waals surface area contributed by atoms with Crippen molar-refractivity contribution in [3.05, 3.63) is 27.7 Å². The van der Waals surface area contributed by atoms with Gasteiger partial charge < -0.3 is 15.7 Å². The zero-order valence-corrected chi connectivity index (χ0v) is 13.0. The van der Waals surface area contributed by atoms with Crippen molar-refractivity contribution in [1.29, 1.82) is 0 Å². The number of carboxylic acids is 1. The predicted molar refractivity (Wildman–Crippen MR) is 79.9 cm³/mol. The molecular formula is C14H17BrN2O3. The minimum absolute atomic E-state index is 0.0563. The van der Waals surface area contributed by atoms with E-state index in [1.807, 2.05) is 26.0 Å². The number of hydrogen-bond donors (Lipinski definition) is 3. The van der Waals surface area contributed by atoms with E-state index in [1.165, 1.54) is 0 Å². The number of benzene rings is 1. The molecule has 20 heavy (non-hydrogen) atoms. The first-order chi connectivity index (χ1) is 9.38. The van der Waals surface area contributed by atoms with Gasteiger partial charge in [-0.1, -0.05) is 6.07 Å². The molecule has 0 aromatic heterocycles. The number of halogens is 1. The minimum atomic E-state index is -0.984. The Labute approximate surface area is 125 Å². The minimum Gasteiger partial charge on any atom is -0.480 e. The lowest BCUT2D eigenvalue weighted by molar-refractivity contribution is -0.139. The standard InChI is InChI=1S/C14H17BrN2O3/c1-7-5-8(2)11(10(15)6-7)16-14(20)17-12(13(18)19)9-3-4-9/h5-6,9,12H,3-4H2,1-2H3,(H,18,19)(H2,16,17,20). The smallest absolute Gasteiger partial charge is 0.326 e. The van der Waals surface area contributed by atoms with Crippen LogP contribution in [0.25, 0.3) is 0 Å². The van der Waals surface area contributed by atoms with Crippen molar-refractivity contribution < 1.29 is 14.7 Å². The van der Waals surface area contributed by atoms with Crippen LogP contribution in [0.2, 0.25) is 0 Å². The average Bonchev–Trinajstić information content (AvgIpc) is 3.14. The Morgan fingerprint density at radius 3 is 2.50 bits per heavy atom. The quantitative estimate of drug-likeness (QED) is 0.788. The van der Waals surface area contributed by atoms with Crippen LogP contribution in [-0.2, 0) is 4.79 Å². The van der Waals surface area contributed by atoms with Gasteiger partial charge in [0.25, 0.3) is 0 Å². The molecular weight excluding hydrogens is 324 g/mol. The van der Waals surface area contributed by atoms with Crippen molar-refractivity contribution >= 4 is 33.6 Å². The highest BCUT2D eigenvalue weighted by molar-refractivity contribution is 9.10.